The van der Waals surface area contributed by atoms with Crippen molar-refractivity contribution in [2.24, 2.45) is 0 Å². The Balaban J connectivity index is 1.72. The summed E-state index contributed by atoms with van der Waals surface area (Å²) in [7, 11) is 0. The monoisotopic (exact) mass is 363 g/mol. The molecule has 1 aromatic carbocycles. The summed E-state index contributed by atoms with van der Waals surface area (Å²) in [5, 5.41) is 3.45. The highest BCUT2D eigenvalue weighted by atomic mass is 32.1. The Morgan fingerprint density at radius 3 is 2.73 bits per heavy atom. The van der Waals surface area contributed by atoms with Crippen LogP contribution >= 0.6 is 11.3 Å². The molecule has 3 aromatic heterocycles. The van der Waals surface area contributed by atoms with Crippen molar-refractivity contribution < 1.29 is 4.79 Å². The molecule has 0 fully saturated rings. The molecule has 0 aliphatic heterocycles. The molecule has 0 spiro atoms. The van der Waals surface area contributed by atoms with E-state index in [4.69, 9.17) is 0 Å². The standard InChI is InChI=1S/C20H17N3O2S/c1-12-7-6-10-23-17(12)22-19-15(20(23)25)11-16(26-19)18(24)21-13(2)14-8-4-3-5-9-14/h3-11,13H,1-2H3,(H,21,24). The van der Waals surface area contributed by atoms with Gasteiger partial charge in [-0.05, 0) is 37.1 Å². The van der Waals surface area contributed by atoms with Crippen LogP contribution in [-0.2, 0) is 0 Å². The number of fused-ring (bicyclic) bond motifs is 2. The number of nitrogens with one attached hydrogen (secondary N) is 1. The van der Waals surface area contributed by atoms with Crippen LogP contribution in [0.1, 0.15) is 33.8 Å². The van der Waals surface area contributed by atoms with Gasteiger partial charge in [0.1, 0.15) is 10.5 Å². The molecule has 0 aliphatic rings. The summed E-state index contributed by atoms with van der Waals surface area (Å²) in [6.07, 6.45) is 1.70. The van der Waals surface area contributed by atoms with Crippen LogP contribution < -0.4 is 10.9 Å². The normalized spacial score (nSPS) is 12.4. The molecule has 0 bridgehead atoms. The second-order valence-corrected chi connectivity index (χ2v) is 7.27. The van der Waals surface area contributed by atoms with Gasteiger partial charge in [0.25, 0.3) is 11.5 Å². The molecule has 4 rings (SSSR count). The van der Waals surface area contributed by atoms with Gasteiger partial charge in [-0.15, -0.1) is 11.3 Å². The third-order valence-electron chi connectivity index (χ3n) is 4.40. The predicted molar refractivity (Wildman–Crippen MR) is 104 cm³/mol. The van der Waals surface area contributed by atoms with Gasteiger partial charge in [-0.2, -0.15) is 0 Å². The third-order valence-corrected chi connectivity index (χ3v) is 5.43. The summed E-state index contributed by atoms with van der Waals surface area (Å²) in [6, 6.07) is 15.0. The van der Waals surface area contributed by atoms with E-state index in [-0.39, 0.29) is 17.5 Å². The van der Waals surface area contributed by atoms with E-state index in [1.165, 1.54) is 15.7 Å². The topological polar surface area (TPSA) is 63.5 Å². The van der Waals surface area contributed by atoms with Crippen molar-refractivity contribution in [3.8, 4) is 0 Å². The average Bonchev–Trinajstić information content (AvgIpc) is 3.08. The van der Waals surface area contributed by atoms with Gasteiger partial charge in [-0.3, -0.25) is 14.0 Å². The number of hydrogen-bond donors (Lipinski definition) is 1. The first-order chi connectivity index (χ1) is 12.5. The highest BCUT2D eigenvalue weighted by Crippen LogP contribution is 2.23. The van der Waals surface area contributed by atoms with Crippen molar-refractivity contribution in [2.45, 2.75) is 19.9 Å². The smallest absolute Gasteiger partial charge is 0.266 e. The van der Waals surface area contributed by atoms with E-state index in [9.17, 15) is 9.59 Å². The lowest BCUT2D eigenvalue weighted by Crippen LogP contribution is -2.25. The van der Waals surface area contributed by atoms with Gasteiger partial charge < -0.3 is 5.32 Å². The Morgan fingerprint density at radius 2 is 1.96 bits per heavy atom. The number of hydrogen-bond acceptors (Lipinski definition) is 4. The van der Waals surface area contributed by atoms with Crippen molar-refractivity contribution in [2.75, 3.05) is 0 Å². The summed E-state index contributed by atoms with van der Waals surface area (Å²) < 4.78 is 1.53. The van der Waals surface area contributed by atoms with Crippen LogP contribution in [0.3, 0.4) is 0 Å². The minimum Gasteiger partial charge on any atom is -0.345 e. The number of benzene rings is 1. The lowest BCUT2D eigenvalue weighted by atomic mass is 10.1. The number of thiophene rings is 1. The Labute approximate surface area is 153 Å². The summed E-state index contributed by atoms with van der Waals surface area (Å²) in [5.74, 6) is -0.200. The molecule has 1 unspecified atom stereocenters. The van der Waals surface area contributed by atoms with Crippen LogP contribution in [0, 0.1) is 6.92 Å². The minimum absolute atomic E-state index is 0.121. The van der Waals surface area contributed by atoms with Crippen molar-refractivity contribution in [3.63, 3.8) is 0 Å². The molecule has 1 atom stereocenters. The summed E-state index contributed by atoms with van der Waals surface area (Å²) in [6.45, 7) is 3.85. The van der Waals surface area contributed by atoms with E-state index in [0.29, 0.717) is 20.7 Å². The Bertz CT molecular complexity index is 1180. The van der Waals surface area contributed by atoms with E-state index in [2.05, 4.69) is 10.3 Å². The van der Waals surface area contributed by atoms with Gasteiger partial charge in [0.2, 0.25) is 0 Å². The largest absolute Gasteiger partial charge is 0.345 e. The van der Waals surface area contributed by atoms with E-state index in [1.54, 1.807) is 12.3 Å². The van der Waals surface area contributed by atoms with Crippen molar-refractivity contribution in [3.05, 3.63) is 81.1 Å². The number of pyridine rings is 1. The molecule has 26 heavy (non-hydrogen) atoms. The summed E-state index contributed by atoms with van der Waals surface area (Å²) in [5.41, 5.74) is 2.42. The first-order valence-corrected chi connectivity index (χ1v) is 9.13. The van der Waals surface area contributed by atoms with E-state index in [0.717, 1.165) is 11.1 Å². The molecule has 3 heterocycles. The number of nitrogens with zero attached hydrogens (tertiary/aromatic N) is 2. The third kappa shape index (κ3) is 2.78. The molecule has 1 amide bonds. The average molecular weight is 363 g/mol. The van der Waals surface area contributed by atoms with Gasteiger partial charge in [0.15, 0.2) is 0 Å². The van der Waals surface area contributed by atoms with Crippen LogP contribution in [-0.4, -0.2) is 15.3 Å². The highest BCUT2D eigenvalue weighted by Gasteiger charge is 2.17. The van der Waals surface area contributed by atoms with Gasteiger partial charge >= 0.3 is 0 Å². The molecule has 0 radical (unpaired) electrons. The summed E-state index contributed by atoms with van der Waals surface area (Å²) >= 11 is 1.24. The number of carbonyl (C=O) groups is 1. The summed E-state index contributed by atoms with van der Waals surface area (Å²) in [4.78, 5) is 31.0. The zero-order valence-electron chi connectivity index (χ0n) is 14.4. The Kier molecular flexibility index (Phi) is 4.05. The van der Waals surface area contributed by atoms with Gasteiger partial charge in [0, 0.05) is 6.20 Å². The minimum atomic E-state index is -0.200. The SMILES string of the molecule is Cc1cccn2c(=O)c3cc(C(=O)NC(C)c4ccccc4)sc3nc12. The lowest BCUT2D eigenvalue weighted by Gasteiger charge is -2.13. The highest BCUT2D eigenvalue weighted by molar-refractivity contribution is 7.20. The lowest BCUT2D eigenvalue weighted by molar-refractivity contribution is 0.0944. The van der Waals surface area contributed by atoms with Gasteiger partial charge in [0.05, 0.1) is 16.3 Å². The maximum Gasteiger partial charge on any atom is 0.266 e. The van der Waals surface area contributed by atoms with E-state index < -0.39 is 0 Å². The number of aromatic nitrogens is 2. The fourth-order valence-corrected chi connectivity index (χ4v) is 3.89. The van der Waals surface area contributed by atoms with Crippen LogP contribution in [0.5, 0.6) is 0 Å². The number of rotatable bonds is 3. The van der Waals surface area contributed by atoms with E-state index >= 15 is 0 Å². The molecule has 6 heteroatoms. The molecule has 130 valence electrons. The maximum atomic E-state index is 12.7. The zero-order chi connectivity index (χ0) is 18.3. The van der Waals surface area contributed by atoms with Gasteiger partial charge in [-0.1, -0.05) is 36.4 Å². The molecule has 5 nitrogen and oxygen atoms in total. The Hall–Kier alpha value is -2.99. The zero-order valence-corrected chi connectivity index (χ0v) is 15.2. The van der Waals surface area contributed by atoms with Crippen LogP contribution in [0.25, 0.3) is 15.9 Å². The molecular formula is C20H17N3O2S. The molecule has 0 saturated carbocycles. The van der Waals surface area contributed by atoms with E-state index in [1.807, 2.05) is 56.3 Å². The van der Waals surface area contributed by atoms with Crippen molar-refractivity contribution in [1.29, 1.82) is 0 Å². The molecule has 4 aromatic rings. The van der Waals surface area contributed by atoms with Gasteiger partial charge in [-0.25, -0.2) is 4.98 Å². The number of carbonyl (C=O) groups excluding carboxylic acids is 1. The first kappa shape index (κ1) is 16.5. The quantitative estimate of drug-likeness (QED) is 0.603. The fraction of sp³-hybridized carbons (Fsp3) is 0.150. The van der Waals surface area contributed by atoms with Crippen LogP contribution in [0.2, 0.25) is 0 Å². The second-order valence-electron chi connectivity index (χ2n) is 6.24. The van der Waals surface area contributed by atoms with Crippen molar-refractivity contribution >= 4 is 33.1 Å². The first-order valence-electron chi connectivity index (χ1n) is 8.32. The molecule has 1 N–H and O–H groups in total. The van der Waals surface area contributed by atoms with Crippen LogP contribution in [0.15, 0.2) is 59.5 Å². The fourth-order valence-electron chi connectivity index (χ4n) is 2.96. The Morgan fingerprint density at radius 1 is 1.19 bits per heavy atom. The molecule has 0 aliphatic carbocycles. The molecular weight excluding hydrogens is 346 g/mol. The second kappa shape index (κ2) is 6.38. The maximum absolute atomic E-state index is 12.7. The molecule has 0 saturated heterocycles. The number of amides is 1. The predicted octanol–water partition coefficient (Wildman–Crippen LogP) is 3.71. The van der Waals surface area contributed by atoms with Crippen LogP contribution in [0.4, 0.5) is 0 Å². The van der Waals surface area contributed by atoms with Crippen molar-refractivity contribution in [1.82, 2.24) is 14.7 Å². The number of aryl methyl sites for hydroxylation is 1.